The van der Waals surface area contributed by atoms with Gasteiger partial charge in [-0.25, -0.2) is 0 Å². The lowest BCUT2D eigenvalue weighted by molar-refractivity contribution is 0.0761. The van der Waals surface area contributed by atoms with Crippen molar-refractivity contribution in [1.82, 2.24) is 9.80 Å². The van der Waals surface area contributed by atoms with E-state index in [1.807, 2.05) is 17.0 Å². The van der Waals surface area contributed by atoms with E-state index in [0.29, 0.717) is 12.1 Å². The first kappa shape index (κ1) is 20.2. The highest BCUT2D eigenvalue weighted by atomic mass is 16.5. The molecule has 4 heteroatoms. The molecule has 156 valence electrons. The Bertz CT molecular complexity index is 832. The van der Waals surface area contributed by atoms with Crippen LogP contribution in [0, 0.1) is 0 Å². The summed E-state index contributed by atoms with van der Waals surface area (Å²) in [6, 6.07) is 12.9. The number of piperidine rings is 1. The molecular weight excluding hydrogens is 360 g/mol. The first-order chi connectivity index (χ1) is 14.1. The summed E-state index contributed by atoms with van der Waals surface area (Å²) in [5.41, 5.74) is 0.800. The first-order valence-corrected chi connectivity index (χ1v) is 11.3. The second-order valence-electron chi connectivity index (χ2n) is 8.88. The SMILES string of the molecule is CC(C)N1CCC(Oc2ccc3cc(C(=O)N4CCCCCC4)ccc3c2)CC1. The van der Waals surface area contributed by atoms with E-state index in [0.717, 1.165) is 73.9 Å². The molecule has 2 saturated heterocycles. The van der Waals surface area contributed by atoms with Crippen LogP contribution in [0.4, 0.5) is 0 Å². The number of carbonyl (C=O) groups excluding carboxylic acids is 1. The molecule has 2 fully saturated rings. The second-order valence-corrected chi connectivity index (χ2v) is 8.88. The molecule has 2 aromatic carbocycles. The van der Waals surface area contributed by atoms with Crippen molar-refractivity contribution in [3.8, 4) is 5.75 Å². The number of nitrogens with zero attached hydrogens (tertiary/aromatic N) is 2. The van der Waals surface area contributed by atoms with E-state index in [1.54, 1.807) is 0 Å². The third-order valence-corrected chi connectivity index (χ3v) is 6.46. The fourth-order valence-electron chi connectivity index (χ4n) is 4.59. The van der Waals surface area contributed by atoms with E-state index in [2.05, 4.69) is 43.0 Å². The number of hydrogen-bond acceptors (Lipinski definition) is 3. The molecule has 0 aromatic heterocycles. The summed E-state index contributed by atoms with van der Waals surface area (Å²) in [5.74, 6) is 1.11. The fourth-order valence-corrected chi connectivity index (χ4v) is 4.59. The van der Waals surface area contributed by atoms with Crippen LogP contribution in [-0.2, 0) is 0 Å². The third kappa shape index (κ3) is 4.92. The van der Waals surface area contributed by atoms with Crippen molar-refractivity contribution >= 4 is 16.7 Å². The largest absolute Gasteiger partial charge is 0.490 e. The highest BCUT2D eigenvalue weighted by Gasteiger charge is 2.22. The molecule has 0 aliphatic carbocycles. The topological polar surface area (TPSA) is 32.8 Å². The van der Waals surface area contributed by atoms with Gasteiger partial charge in [-0.15, -0.1) is 0 Å². The molecule has 4 rings (SSSR count). The van der Waals surface area contributed by atoms with Gasteiger partial charge in [0.2, 0.25) is 0 Å². The lowest BCUT2D eigenvalue weighted by atomic mass is 10.0. The first-order valence-electron chi connectivity index (χ1n) is 11.3. The number of ether oxygens (including phenoxy) is 1. The maximum atomic E-state index is 12.9. The van der Waals surface area contributed by atoms with Gasteiger partial charge in [0, 0.05) is 37.8 Å². The van der Waals surface area contributed by atoms with Crippen molar-refractivity contribution in [2.24, 2.45) is 0 Å². The Morgan fingerprint density at radius 2 is 1.55 bits per heavy atom. The number of hydrogen-bond donors (Lipinski definition) is 0. The molecule has 0 spiro atoms. The van der Waals surface area contributed by atoms with E-state index in [9.17, 15) is 4.79 Å². The Hall–Kier alpha value is -2.07. The predicted molar refractivity (Wildman–Crippen MR) is 119 cm³/mol. The summed E-state index contributed by atoms with van der Waals surface area (Å²) >= 11 is 0. The minimum absolute atomic E-state index is 0.172. The number of fused-ring (bicyclic) bond motifs is 1. The van der Waals surface area contributed by atoms with Gasteiger partial charge in [0.25, 0.3) is 5.91 Å². The zero-order chi connectivity index (χ0) is 20.2. The van der Waals surface area contributed by atoms with Gasteiger partial charge in [0.15, 0.2) is 0 Å². The highest BCUT2D eigenvalue weighted by Crippen LogP contribution is 2.26. The molecule has 0 bridgehead atoms. The van der Waals surface area contributed by atoms with E-state index < -0.39 is 0 Å². The van der Waals surface area contributed by atoms with Gasteiger partial charge in [-0.2, -0.15) is 0 Å². The molecule has 29 heavy (non-hydrogen) atoms. The maximum absolute atomic E-state index is 12.9. The van der Waals surface area contributed by atoms with E-state index >= 15 is 0 Å². The molecule has 0 radical (unpaired) electrons. The summed E-state index contributed by atoms with van der Waals surface area (Å²) in [6.45, 7) is 8.51. The molecule has 2 aliphatic rings. The van der Waals surface area contributed by atoms with Crippen molar-refractivity contribution in [3.05, 3.63) is 42.0 Å². The monoisotopic (exact) mass is 394 g/mol. The van der Waals surface area contributed by atoms with Crippen molar-refractivity contribution in [2.75, 3.05) is 26.2 Å². The number of carbonyl (C=O) groups is 1. The van der Waals surface area contributed by atoms with Gasteiger partial charge < -0.3 is 14.5 Å². The smallest absolute Gasteiger partial charge is 0.253 e. The minimum Gasteiger partial charge on any atom is -0.490 e. The molecule has 2 heterocycles. The average molecular weight is 395 g/mol. The van der Waals surface area contributed by atoms with Gasteiger partial charge in [-0.3, -0.25) is 4.79 Å². The Morgan fingerprint density at radius 3 is 2.24 bits per heavy atom. The van der Waals surface area contributed by atoms with Crippen LogP contribution < -0.4 is 4.74 Å². The van der Waals surface area contributed by atoms with Gasteiger partial charge in [0.1, 0.15) is 11.9 Å². The Labute approximate surface area is 174 Å². The highest BCUT2D eigenvalue weighted by molar-refractivity contribution is 5.98. The van der Waals surface area contributed by atoms with Crippen LogP contribution in [0.25, 0.3) is 10.8 Å². The average Bonchev–Trinajstić information content (AvgIpc) is 3.03. The van der Waals surface area contributed by atoms with Crippen LogP contribution in [0.2, 0.25) is 0 Å². The number of rotatable bonds is 4. The minimum atomic E-state index is 0.172. The normalized spacial score (nSPS) is 19.5. The van der Waals surface area contributed by atoms with Crippen LogP contribution in [-0.4, -0.2) is 54.0 Å². The zero-order valence-corrected chi connectivity index (χ0v) is 17.9. The second kappa shape index (κ2) is 9.17. The van der Waals surface area contributed by atoms with Gasteiger partial charge in [0.05, 0.1) is 0 Å². The standard InChI is InChI=1S/C25H34N2O2/c1-19(2)26-15-11-23(12-16-26)29-24-10-9-20-17-22(8-7-21(20)18-24)25(28)27-13-5-3-4-6-14-27/h7-10,17-19,23H,3-6,11-16H2,1-2H3. The van der Waals surface area contributed by atoms with Crippen molar-refractivity contribution in [2.45, 2.75) is 64.5 Å². The van der Waals surface area contributed by atoms with E-state index in [-0.39, 0.29) is 5.91 Å². The van der Waals surface area contributed by atoms with Crippen LogP contribution in [0.15, 0.2) is 36.4 Å². The van der Waals surface area contributed by atoms with Crippen LogP contribution >= 0.6 is 0 Å². The quantitative estimate of drug-likeness (QED) is 0.723. The van der Waals surface area contributed by atoms with Crippen molar-refractivity contribution in [1.29, 1.82) is 0 Å². The molecule has 2 aromatic rings. The Morgan fingerprint density at radius 1 is 0.897 bits per heavy atom. The summed E-state index contributed by atoms with van der Waals surface area (Å²) in [7, 11) is 0. The molecule has 4 nitrogen and oxygen atoms in total. The van der Waals surface area contributed by atoms with Crippen molar-refractivity contribution < 1.29 is 9.53 Å². The summed E-state index contributed by atoms with van der Waals surface area (Å²) in [4.78, 5) is 17.4. The van der Waals surface area contributed by atoms with Gasteiger partial charge >= 0.3 is 0 Å². The molecule has 1 amide bonds. The molecule has 2 aliphatic heterocycles. The van der Waals surface area contributed by atoms with E-state index in [4.69, 9.17) is 4.74 Å². The van der Waals surface area contributed by atoms with E-state index in [1.165, 1.54) is 12.8 Å². The van der Waals surface area contributed by atoms with Crippen LogP contribution in [0.3, 0.4) is 0 Å². The molecule has 0 N–H and O–H groups in total. The Kier molecular flexibility index (Phi) is 6.39. The fraction of sp³-hybridized carbons (Fsp3) is 0.560. The number of amides is 1. The molecule has 0 unspecified atom stereocenters. The number of likely N-dealkylation sites (tertiary alicyclic amines) is 2. The van der Waals surface area contributed by atoms with Crippen LogP contribution in [0.1, 0.15) is 62.7 Å². The third-order valence-electron chi connectivity index (χ3n) is 6.46. The Balaban J connectivity index is 1.42. The number of benzene rings is 2. The van der Waals surface area contributed by atoms with Gasteiger partial charge in [-0.1, -0.05) is 25.0 Å². The van der Waals surface area contributed by atoms with Gasteiger partial charge in [-0.05, 0) is 74.6 Å². The maximum Gasteiger partial charge on any atom is 0.253 e. The summed E-state index contributed by atoms with van der Waals surface area (Å²) in [6.07, 6.45) is 7.18. The van der Waals surface area contributed by atoms with Crippen LogP contribution in [0.5, 0.6) is 5.75 Å². The summed E-state index contributed by atoms with van der Waals surface area (Å²) < 4.78 is 6.28. The molecular formula is C25H34N2O2. The van der Waals surface area contributed by atoms with Crippen molar-refractivity contribution in [3.63, 3.8) is 0 Å². The zero-order valence-electron chi connectivity index (χ0n) is 17.9. The summed E-state index contributed by atoms with van der Waals surface area (Å²) in [5, 5.41) is 2.24. The lowest BCUT2D eigenvalue weighted by Crippen LogP contribution is -2.41. The molecule has 0 atom stereocenters. The molecule has 0 saturated carbocycles. The predicted octanol–water partition coefficient (Wildman–Crippen LogP) is 5.11. The lowest BCUT2D eigenvalue weighted by Gasteiger charge is -2.34.